The van der Waals surface area contributed by atoms with E-state index < -0.39 is 17.6 Å². The summed E-state index contributed by atoms with van der Waals surface area (Å²) in [5.41, 5.74) is 0.947. The minimum atomic E-state index is -4.58. The standard InChI is InChI=1S/C27H17ClF3N3O2/c1-16-22(13-18(15-32)26(36)33-21-6-4-5-19(14-21)27(29,30)31)23-7-2-3-12-34(23)24(16)25(35)17-8-10-20(28)11-9-17/h2-14H,1H3,(H,33,36). The number of halogens is 4. The van der Waals surface area contributed by atoms with Gasteiger partial charge >= 0.3 is 6.18 Å². The van der Waals surface area contributed by atoms with Crippen LogP contribution in [-0.4, -0.2) is 16.1 Å². The lowest BCUT2D eigenvalue weighted by Gasteiger charge is -2.09. The summed E-state index contributed by atoms with van der Waals surface area (Å²) < 4.78 is 40.7. The van der Waals surface area contributed by atoms with Crippen molar-refractivity contribution in [2.24, 2.45) is 0 Å². The third kappa shape index (κ3) is 4.88. The zero-order valence-corrected chi connectivity index (χ0v) is 19.5. The van der Waals surface area contributed by atoms with Crippen LogP contribution in [0, 0.1) is 18.3 Å². The Labute approximate surface area is 209 Å². The molecule has 2 aromatic heterocycles. The van der Waals surface area contributed by atoms with Crippen molar-refractivity contribution in [2.75, 3.05) is 5.32 Å². The molecule has 36 heavy (non-hydrogen) atoms. The Morgan fingerprint density at radius 2 is 1.78 bits per heavy atom. The number of nitriles is 1. The molecule has 5 nitrogen and oxygen atoms in total. The molecule has 0 atom stereocenters. The molecule has 1 amide bonds. The summed E-state index contributed by atoms with van der Waals surface area (Å²) in [4.78, 5) is 26.1. The molecule has 0 saturated heterocycles. The van der Waals surface area contributed by atoms with Crippen LogP contribution in [0.25, 0.3) is 11.6 Å². The van der Waals surface area contributed by atoms with E-state index in [1.54, 1.807) is 66.1 Å². The van der Waals surface area contributed by atoms with Crippen molar-refractivity contribution in [1.82, 2.24) is 4.40 Å². The predicted molar refractivity (Wildman–Crippen MR) is 131 cm³/mol. The number of pyridine rings is 1. The molecule has 1 N–H and O–H groups in total. The summed E-state index contributed by atoms with van der Waals surface area (Å²) in [6, 6.07) is 17.6. The number of anilines is 1. The SMILES string of the molecule is Cc1c(C=C(C#N)C(=O)Nc2cccc(C(F)(F)F)c2)c2ccccn2c1C(=O)c1ccc(Cl)cc1. The van der Waals surface area contributed by atoms with Gasteiger partial charge in [-0.05, 0) is 73.2 Å². The Hall–Kier alpha value is -4.35. The van der Waals surface area contributed by atoms with Crippen molar-refractivity contribution in [3.05, 3.63) is 111 Å². The Balaban J connectivity index is 1.75. The van der Waals surface area contributed by atoms with Crippen LogP contribution in [-0.2, 0) is 11.0 Å². The van der Waals surface area contributed by atoms with Crippen molar-refractivity contribution in [3.8, 4) is 6.07 Å². The fraction of sp³-hybridized carbons (Fsp3) is 0.0741. The second-order valence-electron chi connectivity index (χ2n) is 7.88. The molecular formula is C27H17ClF3N3O2. The molecule has 180 valence electrons. The number of amides is 1. The molecule has 4 aromatic rings. The molecule has 0 saturated carbocycles. The van der Waals surface area contributed by atoms with E-state index in [9.17, 15) is 28.0 Å². The lowest BCUT2D eigenvalue weighted by Crippen LogP contribution is -2.14. The van der Waals surface area contributed by atoms with E-state index in [-0.39, 0.29) is 17.0 Å². The van der Waals surface area contributed by atoms with Crippen LogP contribution in [0.2, 0.25) is 5.02 Å². The summed E-state index contributed by atoms with van der Waals surface area (Å²) in [6.07, 6.45) is -1.56. The monoisotopic (exact) mass is 507 g/mol. The highest BCUT2D eigenvalue weighted by molar-refractivity contribution is 6.30. The number of alkyl halides is 3. The number of nitrogens with one attached hydrogen (secondary N) is 1. The number of rotatable bonds is 5. The number of hydrogen-bond acceptors (Lipinski definition) is 3. The number of carbonyl (C=O) groups excluding carboxylic acids is 2. The van der Waals surface area contributed by atoms with Gasteiger partial charge in [-0.2, -0.15) is 18.4 Å². The van der Waals surface area contributed by atoms with Gasteiger partial charge < -0.3 is 9.72 Å². The largest absolute Gasteiger partial charge is 0.416 e. The van der Waals surface area contributed by atoms with Gasteiger partial charge in [0.25, 0.3) is 5.91 Å². The quantitative estimate of drug-likeness (QED) is 0.186. The van der Waals surface area contributed by atoms with Gasteiger partial charge in [0.15, 0.2) is 0 Å². The van der Waals surface area contributed by atoms with Crippen LogP contribution in [0.3, 0.4) is 0 Å². The average molecular weight is 508 g/mol. The molecule has 2 heterocycles. The second kappa shape index (κ2) is 9.72. The van der Waals surface area contributed by atoms with Gasteiger partial charge in [0, 0.05) is 28.0 Å². The van der Waals surface area contributed by atoms with Crippen molar-refractivity contribution in [3.63, 3.8) is 0 Å². The van der Waals surface area contributed by atoms with Gasteiger partial charge in [-0.25, -0.2) is 0 Å². The van der Waals surface area contributed by atoms with E-state index in [0.717, 1.165) is 18.2 Å². The molecule has 0 spiro atoms. The Kier molecular flexibility index (Phi) is 6.69. The number of nitrogens with zero attached hydrogens (tertiary/aromatic N) is 2. The first-order valence-corrected chi connectivity index (χ1v) is 11.0. The summed E-state index contributed by atoms with van der Waals surface area (Å²) in [7, 11) is 0. The van der Waals surface area contributed by atoms with Crippen molar-refractivity contribution in [1.29, 1.82) is 5.26 Å². The van der Waals surface area contributed by atoms with Crippen LogP contribution >= 0.6 is 11.6 Å². The number of ketones is 1. The highest BCUT2D eigenvalue weighted by Crippen LogP contribution is 2.31. The van der Waals surface area contributed by atoms with Crippen LogP contribution < -0.4 is 5.32 Å². The maximum atomic E-state index is 13.3. The van der Waals surface area contributed by atoms with Gasteiger partial charge in [-0.1, -0.05) is 23.7 Å². The van der Waals surface area contributed by atoms with Gasteiger partial charge in [0.1, 0.15) is 11.6 Å². The first-order valence-electron chi connectivity index (χ1n) is 10.6. The topological polar surface area (TPSA) is 74.4 Å². The van der Waals surface area contributed by atoms with E-state index in [0.29, 0.717) is 32.9 Å². The Bertz CT molecular complexity index is 1560. The number of fused-ring (bicyclic) bond motifs is 1. The van der Waals surface area contributed by atoms with Crippen molar-refractivity contribution in [2.45, 2.75) is 13.1 Å². The number of benzene rings is 2. The summed E-state index contributed by atoms with van der Waals surface area (Å²) in [5.74, 6) is -1.16. The third-order valence-electron chi connectivity index (χ3n) is 5.56. The Morgan fingerprint density at radius 3 is 2.44 bits per heavy atom. The highest BCUT2D eigenvalue weighted by Gasteiger charge is 2.30. The average Bonchev–Trinajstić information content (AvgIpc) is 3.13. The molecular weight excluding hydrogens is 491 g/mol. The zero-order valence-electron chi connectivity index (χ0n) is 18.7. The molecule has 4 rings (SSSR count). The first-order chi connectivity index (χ1) is 17.1. The highest BCUT2D eigenvalue weighted by atomic mass is 35.5. The molecule has 0 aliphatic rings. The van der Waals surface area contributed by atoms with E-state index in [4.69, 9.17) is 11.6 Å². The van der Waals surface area contributed by atoms with Crippen LogP contribution in [0.4, 0.5) is 18.9 Å². The fourth-order valence-electron chi connectivity index (χ4n) is 3.82. The molecule has 9 heteroatoms. The molecule has 0 aliphatic carbocycles. The fourth-order valence-corrected chi connectivity index (χ4v) is 3.95. The smallest absolute Gasteiger partial charge is 0.321 e. The second-order valence-corrected chi connectivity index (χ2v) is 8.32. The van der Waals surface area contributed by atoms with E-state index in [1.165, 1.54) is 12.1 Å². The molecule has 2 aromatic carbocycles. The third-order valence-corrected chi connectivity index (χ3v) is 5.81. The molecule has 0 fully saturated rings. The van der Waals surface area contributed by atoms with E-state index in [2.05, 4.69) is 5.32 Å². The van der Waals surface area contributed by atoms with E-state index in [1.807, 2.05) is 0 Å². The minimum Gasteiger partial charge on any atom is -0.321 e. The molecule has 0 unspecified atom stereocenters. The normalized spacial score (nSPS) is 11.8. The van der Waals surface area contributed by atoms with Crippen molar-refractivity contribution >= 4 is 40.6 Å². The molecule has 0 bridgehead atoms. The minimum absolute atomic E-state index is 0.104. The maximum absolute atomic E-state index is 13.3. The predicted octanol–water partition coefficient (Wildman–Crippen LogP) is 6.70. The van der Waals surface area contributed by atoms with Crippen LogP contribution in [0.5, 0.6) is 0 Å². The summed E-state index contributed by atoms with van der Waals surface area (Å²) >= 11 is 5.94. The molecule has 0 aliphatic heterocycles. The van der Waals surface area contributed by atoms with Gasteiger partial charge in [0.05, 0.1) is 16.8 Å². The lowest BCUT2D eigenvalue weighted by molar-refractivity contribution is -0.137. The lowest BCUT2D eigenvalue weighted by atomic mass is 10.0. The van der Waals surface area contributed by atoms with Gasteiger partial charge in [-0.15, -0.1) is 0 Å². The first kappa shape index (κ1) is 24.8. The maximum Gasteiger partial charge on any atom is 0.416 e. The van der Waals surface area contributed by atoms with Crippen LogP contribution in [0.15, 0.2) is 78.5 Å². The number of aromatic nitrogens is 1. The van der Waals surface area contributed by atoms with Crippen molar-refractivity contribution < 1.29 is 22.8 Å². The molecule has 0 radical (unpaired) electrons. The van der Waals surface area contributed by atoms with Gasteiger partial charge in [0.2, 0.25) is 5.78 Å². The zero-order chi connectivity index (χ0) is 26.0. The number of hydrogen-bond donors (Lipinski definition) is 1. The summed E-state index contributed by atoms with van der Waals surface area (Å²) in [6.45, 7) is 1.70. The number of carbonyl (C=O) groups is 2. The van der Waals surface area contributed by atoms with Gasteiger partial charge in [-0.3, -0.25) is 9.59 Å². The van der Waals surface area contributed by atoms with Crippen LogP contribution in [0.1, 0.15) is 32.7 Å². The Morgan fingerprint density at radius 1 is 1.06 bits per heavy atom. The summed E-state index contributed by atoms with van der Waals surface area (Å²) in [5, 5.41) is 12.5. The van der Waals surface area contributed by atoms with E-state index >= 15 is 0 Å².